The second-order valence-electron chi connectivity index (χ2n) is 9.47. The monoisotopic (exact) mass is 404 g/mol. The third kappa shape index (κ3) is 3.57. The highest BCUT2D eigenvalue weighted by Gasteiger charge is 2.54. The van der Waals surface area contributed by atoms with Gasteiger partial charge in [0, 0.05) is 30.0 Å². The third-order valence-corrected chi connectivity index (χ3v) is 7.88. The molecule has 30 heavy (non-hydrogen) atoms. The molecular weight excluding hydrogens is 372 g/mol. The quantitative estimate of drug-likeness (QED) is 0.805. The molecule has 158 valence electrons. The van der Waals surface area contributed by atoms with Crippen LogP contribution in [0.1, 0.15) is 55.1 Å². The van der Waals surface area contributed by atoms with E-state index in [4.69, 9.17) is 0 Å². The largest absolute Gasteiger partial charge is 0.480 e. The van der Waals surface area contributed by atoms with Gasteiger partial charge in [0.1, 0.15) is 0 Å². The average molecular weight is 405 g/mol. The first-order valence-corrected chi connectivity index (χ1v) is 11.5. The van der Waals surface area contributed by atoms with Gasteiger partial charge in [0.15, 0.2) is 0 Å². The smallest absolute Gasteiger partial charge is 0.317 e. The first-order chi connectivity index (χ1) is 14.7. The van der Waals surface area contributed by atoms with Crippen LogP contribution in [-0.4, -0.2) is 58.6 Å². The summed E-state index contributed by atoms with van der Waals surface area (Å²) in [6, 6.07) is 21.9. The van der Waals surface area contributed by atoms with Crippen molar-refractivity contribution in [1.82, 2.24) is 9.80 Å². The van der Waals surface area contributed by atoms with Gasteiger partial charge in [-0.2, -0.15) is 0 Å². The lowest BCUT2D eigenvalue weighted by Crippen LogP contribution is -2.54. The molecule has 4 fully saturated rings. The SMILES string of the molecule is O=C(O)CN1CCC2(N3CCCC3)C[C@@H](c3ccccc3)C1[C@H](c1ccccc1)C2. The highest BCUT2D eigenvalue weighted by Crippen LogP contribution is 2.54. The molecule has 0 spiro atoms. The molecule has 2 bridgehead atoms. The molecule has 1 aliphatic carbocycles. The minimum absolute atomic E-state index is 0.132. The first-order valence-electron chi connectivity index (χ1n) is 11.5. The van der Waals surface area contributed by atoms with Gasteiger partial charge in [-0.1, -0.05) is 60.7 Å². The van der Waals surface area contributed by atoms with Crippen molar-refractivity contribution in [3.63, 3.8) is 0 Å². The summed E-state index contributed by atoms with van der Waals surface area (Å²) in [4.78, 5) is 16.9. The van der Waals surface area contributed by atoms with E-state index in [1.807, 2.05) is 0 Å². The van der Waals surface area contributed by atoms with E-state index in [9.17, 15) is 9.90 Å². The van der Waals surface area contributed by atoms with Gasteiger partial charge in [-0.25, -0.2) is 0 Å². The minimum atomic E-state index is -0.714. The fourth-order valence-electron chi connectivity index (χ4n) is 6.63. The summed E-state index contributed by atoms with van der Waals surface area (Å²) >= 11 is 0. The molecule has 4 heteroatoms. The highest BCUT2D eigenvalue weighted by atomic mass is 16.4. The van der Waals surface area contributed by atoms with Gasteiger partial charge in [-0.3, -0.25) is 14.6 Å². The normalized spacial score (nSPS) is 32.2. The van der Waals surface area contributed by atoms with Gasteiger partial charge >= 0.3 is 5.97 Å². The van der Waals surface area contributed by atoms with E-state index in [0.29, 0.717) is 11.8 Å². The van der Waals surface area contributed by atoms with Crippen LogP contribution in [-0.2, 0) is 4.79 Å². The lowest BCUT2D eigenvalue weighted by molar-refractivity contribution is -0.139. The van der Waals surface area contributed by atoms with E-state index < -0.39 is 5.97 Å². The molecule has 0 amide bonds. The Hall–Kier alpha value is -2.17. The number of aliphatic carboxylic acids is 1. The number of hydrogen-bond donors (Lipinski definition) is 1. The first kappa shape index (κ1) is 19.8. The van der Waals surface area contributed by atoms with E-state index in [2.05, 4.69) is 70.5 Å². The van der Waals surface area contributed by atoms with Crippen molar-refractivity contribution in [2.75, 3.05) is 26.2 Å². The number of nitrogens with zero attached hydrogens (tertiary/aromatic N) is 2. The number of fused-ring (bicyclic) bond motifs is 4. The fourth-order valence-corrected chi connectivity index (χ4v) is 6.63. The summed E-state index contributed by atoms with van der Waals surface area (Å²) in [6.07, 6.45) is 5.93. The Labute approximate surface area is 179 Å². The maximum Gasteiger partial charge on any atom is 0.317 e. The third-order valence-electron chi connectivity index (χ3n) is 7.88. The molecule has 2 aromatic carbocycles. The molecule has 0 unspecified atom stereocenters. The van der Waals surface area contributed by atoms with Crippen molar-refractivity contribution >= 4 is 5.97 Å². The molecule has 3 heterocycles. The fraction of sp³-hybridized carbons (Fsp3) is 0.500. The van der Waals surface area contributed by atoms with Crippen LogP contribution in [0.25, 0.3) is 0 Å². The predicted molar refractivity (Wildman–Crippen MR) is 119 cm³/mol. The Balaban J connectivity index is 1.63. The Morgan fingerprint density at radius 1 is 0.867 bits per heavy atom. The summed E-state index contributed by atoms with van der Waals surface area (Å²) in [5.41, 5.74) is 2.90. The van der Waals surface area contributed by atoms with E-state index in [1.54, 1.807) is 0 Å². The number of carbonyl (C=O) groups is 1. The van der Waals surface area contributed by atoms with Crippen molar-refractivity contribution in [1.29, 1.82) is 0 Å². The molecule has 6 rings (SSSR count). The zero-order valence-electron chi connectivity index (χ0n) is 17.6. The van der Waals surface area contributed by atoms with Crippen molar-refractivity contribution in [3.05, 3.63) is 71.8 Å². The van der Waals surface area contributed by atoms with E-state index in [1.165, 1.54) is 37.1 Å². The Morgan fingerprint density at radius 3 is 1.90 bits per heavy atom. The van der Waals surface area contributed by atoms with E-state index >= 15 is 0 Å². The van der Waals surface area contributed by atoms with Crippen LogP contribution in [0.5, 0.6) is 0 Å². The van der Waals surface area contributed by atoms with Crippen molar-refractivity contribution in [2.24, 2.45) is 0 Å². The Bertz CT molecular complexity index is 814. The number of rotatable bonds is 5. The molecule has 2 aromatic rings. The maximum absolute atomic E-state index is 11.8. The molecule has 4 nitrogen and oxygen atoms in total. The zero-order chi connectivity index (χ0) is 20.6. The molecule has 0 aromatic heterocycles. The van der Waals surface area contributed by atoms with Gasteiger partial charge in [0.05, 0.1) is 6.54 Å². The molecule has 3 saturated heterocycles. The molecule has 1 N–H and O–H groups in total. The second kappa shape index (κ2) is 8.16. The van der Waals surface area contributed by atoms with Gasteiger partial charge in [-0.05, 0) is 56.3 Å². The molecule has 0 radical (unpaired) electrons. The Kier molecular flexibility index (Phi) is 5.38. The van der Waals surface area contributed by atoms with Crippen LogP contribution < -0.4 is 0 Å². The lowest BCUT2D eigenvalue weighted by atomic mass is 9.63. The topological polar surface area (TPSA) is 43.8 Å². The summed E-state index contributed by atoms with van der Waals surface area (Å²) in [5, 5.41) is 9.72. The van der Waals surface area contributed by atoms with E-state index in [0.717, 1.165) is 25.8 Å². The molecule has 1 saturated carbocycles. The average Bonchev–Trinajstić information content (AvgIpc) is 3.23. The lowest BCUT2D eigenvalue weighted by Gasteiger charge is -2.51. The molecular formula is C26H32N2O2. The second-order valence-corrected chi connectivity index (χ2v) is 9.47. The Morgan fingerprint density at radius 2 is 1.40 bits per heavy atom. The van der Waals surface area contributed by atoms with Crippen LogP contribution in [0, 0.1) is 0 Å². The molecule has 4 aliphatic rings. The van der Waals surface area contributed by atoms with Gasteiger partial charge in [-0.15, -0.1) is 0 Å². The summed E-state index contributed by atoms with van der Waals surface area (Å²) in [7, 11) is 0. The van der Waals surface area contributed by atoms with Crippen molar-refractivity contribution in [3.8, 4) is 0 Å². The van der Waals surface area contributed by atoms with Crippen LogP contribution in [0.4, 0.5) is 0 Å². The molecule has 2 atom stereocenters. The summed E-state index contributed by atoms with van der Waals surface area (Å²) < 4.78 is 0. The number of carboxylic acids is 1. The minimum Gasteiger partial charge on any atom is -0.480 e. The van der Waals surface area contributed by atoms with Crippen LogP contribution in [0.15, 0.2) is 60.7 Å². The van der Waals surface area contributed by atoms with Gasteiger partial charge < -0.3 is 5.11 Å². The summed E-state index contributed by atoms with van der Waals surface area (Å²) in [5.74, 6) is -0.00518. The van der Waals surface area contributed by atoms with Gasteiger partial charge in [0.2, 0.25) is 0 Å². The molecule has 3 aliphatic heterocycles. The van der Waals surface area contributed by atoms with Gasteiger partial charge in [0.25, 0.3) is 0 Å². The standard InChI is InChI=1S/C26H32N2O2/c29-24(30)19-27-16-13-26(28-14-7-8-15-28)17-22(20-9-3-1-4-10-20)25(27)23(18-26)21-11-5-2-6-12-21/h1-6,9-12,22-23,25H,7-8,13-19H2,(H,29,30)/t22-,23-,25?,26?/m0/s1. The van der Waals surface area contributed by atoms with Crippen LogP contribution in [0.2, 0.25) is 0 Å². The number of carboxylic acid groups (broad SMARTS) is 1. The summed E-state index contributed by atoms with van der Waals surface area (Å²) in [6.45, 7) is 3.38. The maximum atomic E-state index is 11.8. The van der Waals surface area contributed by atoms with E-state index in [-0.39, 0.29) is 18.1 Å². The van der Waals surface area contributed by atoms with Crippen molar-refractivity contribution in [2.45, 2.75) is 55.5 Å². The highest BCUT2D eigenvalue weighted by molar-refractivity contribution is 5.69. The number of hydrogen-bond acceptors (Lipinski definition) is 3. The van der Waals surface area contributed by atoms with Crippen LogP contribution in [0.3, 0.4) is 0 Å². The zero-order valence-corrected chi connectivity index (χ0v) is 17.6. The number of likely N-dealkylation sites (tertiary alicyclic amines) is 1. The van der Waals surface area contributed by atoms with Crippen LogP contribution >= 0.6 is 0 Å². The predicted octanol–water partition coefficient (Wildman–Crippen LogP) is 4.34. The number of benzene rings is 2. The van der Waals surface area contributed by atoms with Crippen molar-refractivity contribution < 1.29 is 9.90 Å².